The van der Waals surface area contributed by atoms with E-state index in [4.69, 9.17) is 5.26 Å². The van der Waals surface area contributed by atoms with Crippen molar-refractivity contribution in [1.29, 1.82) is 5.26 Å². The van der Waals surface area contributed by atoms with Gasteiger partial charge in [0.15, 0.2) is 5.78 Å². The summed E-state index contributed by atoms with van der Waals surface area (Å²) in [6.07, 6.45) is -2.01. The summed E-state index contributed by atoms with van der Waals surface area (Å²) in [7, 11) is 1.59. The Labute approximate surface area is 166 Å². The fourth-order valence-corrected chi connectivity index (χ4v) is 3.98. The van der Waals surface area contributed by atoms with Crippen LogP contribution >= 0.6 is 0 Å². The van der Waals surface area contributed by atoms with Crippen molar-refractivity contribution in [2.45, 2.75) is 25.3 Å². The largest absolute Gasteiger partial charge is 0.329 e. The fourth-order valence-electron chi connectivity index (χ4n) is 3.98. The van der Waals surface area contributed by atoms with Crippen LogP contribution in [0.25, 0.3) is 0 Å². The standard InChI is InChI=1S/C22H17F2N3O2/c1-26-20(14-7-5-13(12-25)6-8-14)19-17(9-10-18(19)28)27(22(26)29)16-4-2-3-15(11-16)21(23)24/h2-8,11,20-21H,9-10H2,1H3/t20-/m1/s1. The molecule has 0 fully saturated rings. The number of anilines is 1. The van der Waals surface area contributed by atoms with Gasteiger partial charge in [-0.2, -0.15) is 5.26 Å². The minimum absolute atomic E-state index is 0.0660. The minimum Gasteiger partial charge on any atom is -0.316 e. The lowest BCUT2D eigenvalue weighted by molar-refractivity contribution is -0.115. The number of hydrogen-bond donors (Lipinski definition) is 0. The molecule has 0 spiro atoms. The van der Waals surface area contributed by atoms with Crippen LogP contribution in [0.1, 0.15) is 42.0 Å². The number of likely N-dealkylation sites (N-methyl/N-ethyl adjacent to an activating group) is 1. The van der Waals surface area contributed by atoms with Crippen LogP contribution in [-0.4, -0.2) is 23.8 Å². The molecule has 4 rings (SSSR count). The van der Waals surface area contributed by atoms with Crippen molar-refractivity contribution < 1.29 is 18.4 Å². The van der Waals surface area contributed by atoms with Crippen molar-refractivity contribution in [3.05, 3.63) is 76.5 Å². The number of carbonyl (C=O) groups excluding carboxylic acids is 2. The van der Waals surface area contributed by atoms with E-state index in [-0.39, 0.29) is 23.8 Å². The third kappa shape index (κ3) is 3.07. The number of allylic oxidation sites excluding steroid dienone is 1. The van der Waals surface area contributed by atoms with Gasteiger partial charge in [-0.25, -0.2) is 13.6 Å². The molecule has 0 bridgehead atoms. The van der Waals surface area contributed by atoms with E-state index in [1.165, 1.54) is 28.0 Å². The zero-order chi connectivity index (χ0) is 20.7. The number of Topliss-reactive ketones (excluding diaryl/α,β-unsaturated/α-hetero) is 1. The lowest BCUT2D eigenvalue weighted by Gasteiger charge is -2.40. The number of carbonyl (C=O) groups is 2. The highest BCUT2D eigenvalue weighted by Crippen LogP contribution is 2.44. The molecule has 0 unspecified atom stereocenters. The molecule has 5 nitrogen and oxygen atoms in total. The van der Waals surface area contributed by atoms with E-state index in [2.05, 4.69) is 0 Å². The van der Waals surface area contributed by atoms with E-state index in [1.807, 2.05) is 6.07 Å². The molecular formula is C22H17F2N3O2. The third-order valence-corrected chi connectivity index (χ3v) is 5.36. The number of rotatable bonds is 3. The van der Waals surface area contributed by atoms with E-state index in [0.717, 1.165) is 5.56 Å². The molecule has 0 saturated heterocycles. The summed E-state index contributed by atoms with van der Waals surface area (Å²) >= 11 is 0. The van der Waals surface area contributed by atoms with Crippen molar-refractivity contribution >= 4 is 17.5 Å². The molecule has 7 heteroatoms. The van der Waals surface area contributed by atoms with Gasteiger partial charge in [-0.15, -0.1) is 0 Å². The van der Waals surface area contributed by atoms with Gasteiger partial charge in [0.05, 0.1) is 23.4 Å². The molecule has 0 N–H and O–H groups in total. The average Bonchev–Trinajstić information content (AvgIpc) is 3.10. The van der Waals surface area contributed by atoms with Crippen molar-refractivity contribution in [3.8, 4) is 6.07 Å². The fraction of sp³-hybridized carbons (Fsp3) is 0.227. The Hall–Kier alpha value is -3.53. The Morgan fingerprint density at radius 3 is 2.48 bits per heavy atom. The van der Waals surface area contributed by atoms with Crippen LogP contribution in [0.3, 0.4) is 0 Å². The van der Waals surface area contributed by atoms with Crippen molar-refractivity contribution in [2.24, 2.45) is 0 Å². The molecule has 0 saturated carbocycles. The van der Waals surface area contributed by atoms with Gasteiger partial charge in [-0.3, -0.25) is 9.69 Å². The first kappa shape index (κ1) is 18.8. The molecule has 1 aliphatic carbocycles. The van der Waals surface area contributed by atoms with Crippen LogP contribution in [0.15, 0.2) is 59.8 Å². The summed E-state index contributed by atoms with van der Waals surface area (Å²) < 4.78 is 26.3. The second-order valence-electron chi connectivity index (χ2n) is 7.04. The topological polar surface area (TPSA) is 64.4 Å². The molecule has 29 heavy (non-hydrogen) atoms. The number of benzene rings is 2. The van der Waals surface area contributed by atoms with Gasteiger partial charge in [0.1, 0.15) is 0 Å². The zero-order valence-electron chi connectivity index (χ0n) is 15.6. The highest BCUT2D eigenvalue weighted by atomic mass is 19.3. The number of urea groups is 1. The number of ketones is 1. The van der Waals surface area contributed by atoms with Crippen LogP contribution in [0.5, 0.6) is 0 Å². The first-order valence-electron chi connectivity index (χ1n) is 9.13. The Kier molecular flexibility index (Phi) is 4.63. The summed E-state index contributed by atoms with van der Waals surface area (Å²) in [4.78, 5) is 28.8. The lowest BCUT2D eigenvalue weighted by Crippen LogP contribution is -2.48. The minimum atomic E-state index is -2.65. The zero-order valence-corrected chi connectivity index (χ0v) is 15.6. The summed E-state index contributed by atoms with van der Waals surface area (Å²) in [5, 5.41) is 9.01. The number of halogens is 2. The van der Waals surface area contributed by atoms with E-state index in [1.54, 1.807) is 37.4 Å². The van der Waals surface area contributed by atoms with E-state index < -0.39 is 12.5 Å². The third-order valence-electron chi connectivity index (χ3n) is 5.36. The van der Waals surface area contributed by atoms with Crippen LogP contribution in [0.2, 0.25) is 0 Å². The van der Waals surface area contributed by atoms with E-state index >= 15 is 0 Å². The van der Waals surface area contributed by atoms with Crippen LogP contribution in [0.4, 0.5) is 19.3 Å². The predicted octanol–water partition coefficient (Wildman–Crippen LogP) is 4.73. The van der Waals surface area contributed by atoms with Crippen molar-refractivity contribution in [1.82, 2.24) is 4.90 Å². The van der Waals surface area contributed by atoms with Gasteiger partial charge in [0.25, 0.3) is 6.43 Å². The van der Waals surface area contributed by atoms with Gasteiger partial charge in [-0.05, 0) is 36.2 Å². The van der Waals surface area contributed by atoms with Gasteiger partial charge in [0.2, 0.25) is 0 Å². The quantitative estimate of drug-likeness (QED) is 0.758. The Balaban J connectivity index is 1.85. The highest BCUT2D eigenvalue weighted by Gasteiger charge is 2.44. The Morgan fingerprint density at radius 1 is 1.10 bits per heavy atom. The Morgan fingerprint density at radius 2 is 1.83 bits per heavy atom. The summed E-state index contributed by atoms with van der Waals surface area (Å²) in [6, 6.07) is 13.5. The van der Waals surface area contributed by atoms with Crippen LogP contribution < -0.4 is 4.90 Å². The number of alkyl halides is 2. The number of nitriles is 1. The van der Waals surface area contributed by atoms with Gasteiger partial charge in [-0.1, -0.05) is 24.3 Å². The van der Waals surface area contributed by atoms with E-state index in [9.17, 15) is 18.4 Å². The highest BCUT2D eigenvalue weighted by molar-refractivity contribution is 6.08. The molecule has 2 aliphatic rings. The van der Waals surface area contributed by atoms with E-state index in [0.29, 0.717) is 28.9 Å². The molecule has 1 atom stereocenters. The number of hydrogen-bond acceptors (Lipinski definition) is 3. The first-order valence-corrected chi connectivity index (χ1v) is 9.13. The molecule has 2 amide bonds. The van der Waals surface area contributed by atoms with Gasteiger partial charge >= 0.3 is 6.03 Å². The van der Waals surface area contributed by atoms with Crippen LogP contribution in [-0.2, 0) is 4.79 Å². The molecule has 0 aromatic heterocycles. The summed E-state index contributed by atoms with van der Waals surface area (Å²) in [5.74, 6) is -0.0660. The molecule has 0 radical (unpaired) electrons. The molecule has 2 aromatic rings. The second-order valence-corrected chi connectivity index (χ2v) is 7.04. The van der Waals surface area contributed by atoms with Gasteiger partial charge < -0.3 is 4.90 Å². The number of amides is 2. The normalized spacial score (nSPS) is 19.1. The monoisotopic (exact) mass is 393 g/mol. The van der Waals surface area contributed by atoms with Gasteiger partial charge in [0, 0.05) is 30.3 Å². The average molecular weight is 393 g/mol. The van der Waals surface area contributed by atoms with Crippen molar-refractivity contribution in [3.63, 3.8) is 0 Å². The lowest BCUT2D eigenvalue weighted by atomic mass is 9.93. The van der Waals surface area contributed by atoms with Crippen LogP contribution in [0, 0.1) is 11.3 Å². The Bertz CT molecular complexity index is 1070. The maximum absolute atomic E-state index is 13.2. The smallest absolute Gasteiger partial charge is 0.316 e. The molecule has 1 heterocycles. The molecule has 1 aliphatic heterocycles. The second kappa shape index (κ2) is 7.13. The molecular weight excluding hydrogens is 376 g/mol. The maximum atomic E-state index is 13.2. The summed E-state index contributed by atoms with van der Waals surface area (Å²) in [6.45, 7) is 0. The number of nitrogens with zero attached hydrogens (tertiary/aromatic N) is 3. The maximum Gasteiger partial charge on any atom is 0.329 e. The van der Waals surface area contributed by atoms with Crippen molar-refractivity contribution in [2.75, 3.05) is 11.9 Å². The SMILES string of the molecule is CN1C(=O)N(c2cccc(C(F)F)c2)C2=C(C(=O)CC2)[C@H]1c1ccc(C#N)cc1. The summed E-state index contributed by atoms with van der Waals surface area (Å²) in [5.41, 5.74) is 2.40. The molecule has 2 aromatic carbocycles. The first-order chi connectivity index (χ1) is 13.9. The predicted molar refractivity (Wildman–Crippen MR) is 102 cm³/mol. The molecule has 146 valence electrons.